The third kappa shape index (κ3) is 6.90. The standard InChI is InChI=1S/C36H42Cl2N4O5S/c37-29-21-31(39-34(44)28-22-48-32-6-2-1-5-27(28)32)30(38)19-24(29)20-33(43)36(41-13-3-4-14-41,42-17-15-40(16-18-42)25-9-10-25)47-26-11-7-23(8-12-26)35(45)46/h1-2,5-6,19,21-23,25-26H,3-4,7-18,20H2,(H,39,44)(H,45,46)/t23-,26-,36?. The summed E-state index contributed by atoms with van der Waals surface area (Å²) in [6.07, 6.45) is 6.48. The van der Waals surface area contributed by atoms with Gasteiger partial charge in [0.1, 0.15) is 0 Å². The fourth-order valence-electron chi connectivity index (χ4n) is 7.73. The van der Waals surface area contributed by atoms with Gasteiger partial charge in [-0.1, -0.05) is 41.4 Å². The second-order valence-electron chi connectivity index (χ2n) is 13.6. The minimum atomic E-state index is -1.28. The largest absolute Gasteiger partial charge is 0.481 e. The molecule has 0 radical (unpaired) electrons. The molecular formula is C36H42Cl2N4O5S. The summed E-state index contributed by atoms with van der Waals surface area (Å²) in [5, 5.41) is 15.9. The fourth-order valence-corrected chi connectivity index (χ4v) is 9.13. The van der Waals surface area contributed by atoms with Crippen LogP contribution in [-0.4, -0.2) is 94.7 Å². The number of thiophene rings is 1. The molecule has 1 atom stereocenters. The lowest BCUT2D eigenvalue weighted by Crippen LogP contribution is -2.71. The number of nitrogens with zero attached hydrogens (tertiary/aromatic N) is 3. The molecule has 12 heteroatoms. The van der Waals surface area contributed by atoms with Crippen LogP contribution in [0.25, 0.3) is 10.1 Å². The third-order valence-corrected chi connectivity index (χ3v) is 12.1. The second kappa shape index (κ2) is 14.3. The molecule has 48 heavy (non-hydrogen) atoms. The maximum atomic E-state index is 14.9. The Balaban J connectivity index is 1.15. The van der Waals surface area contributed by atoms with Crippen LogP contribution in [0.5, 0.6) is 0 Å². The highest BCUT2D eigenvalue weighted by molar-refractivity contribution is 7.17. The van der Waals surface area contributed by atoms with Gasteiger partial charge in [-0.25, -0.2) is 0 Å². The maximum Gasteiger partial charge on any atom is 0.306 e. The van der Waals surface area contributed by atoms with Crippen molar-refractivity contribution in [3.8, 4) is 0 Å². The van der Waals surface area contributed by atoms with E-state index in [1.54, 1.807) is 12.1 Å². The van der Waals surface area contributed by atoms with E-state index in [-0.39, 0.29) is 30.1 Å². The molecule has 3 aromatic rings. The summed E-state index contributed by atoms with van der Waals surface area (Å²) in [5.41, 5.74) is 1.52. The van der Waals surface area contributed by atoms with E-state index in [0.717, 1.165) is 49.1 Å². The van der Waals surface area contributed by atoms with Gasteiger partial charge >= 0.3 is 5.97 Å². The van der Waals surface area contributed by atoms with Gasteiger partial charge in [0.2, 0.25) is 5.85 Å². The summed E-state index contributed by atoms with van der Waals surface area (Å²) in [7, 11) is 0. The number of hydrogen-bond donors (Lipinski definition) is 2. The van der Waals surface area contributed by atoms with Gasteiger partial charge in [-0.05, 0) is 75.1 Å². The number of carboxylic acids is 1. The summed E-state index contributed by atoms with van der Waals surface area (Å²) < 4.78 is 8.08. The van der Waals surface area contributed by atoms with Gasteiger partial charge in [0.25, 0.3) is 5.91 Å². The molecule has 0 spiro atoms. The Kier molecular flexibility index (Phi) is 10.1. The lowest BCUT2D eigenvalue weighted by Gasteiger charge is -2.52. The highest BCUT2D eigenvalue weighted by Gasteiger charge is 2.53. The number of likely N-dealkylation sites (tertiary alicyclic amines) is 1. The van der Waals surface area contributed by atoms with E-state index in [1.807, 2.05) is 29.6 Å². The van der Waals surface area contributed by atoms with Gasteiger partial charge in [-0.3, -0.25) is 29.1 Å². The summed E-state index contributed by atoms with van der Waals surface area (Å²) in [5.74, 6) is -2.79. The zero-order valence-corrected chi connectivity index (χ0v) is 29.3. The number of anilines is 1. The van der Waals surface area contributed by atoms with Gasteiger partial charge in [0, 0.05) is 72.2 Å². The molecule has 1 unspecified atom stereocenters. The molecule has 4 aliphatic rings. The first-order valence-corrected chi connectivity index (χ1v) is 18.8. The van der Waals surface area contributed by atoms with Crippen molar-refractivity contribution in [3.63, 3.8) is 0 Å². The maximum absolute atomic E-state index is 14.9. The molecule has 256 valence electrons. The monoisotopic (exact) mass is 712 g/mol. The molecule has 2 saturated carbocycles. The van der Waals surface area contributed by atoms with Crippen molar-refractivity contribution in [2.75, 3.05) is 44.6 Å². The number of carbonyl (C=O) groups is 3. The zero-order valence-electron chi connectivity index (χ0n) is 27.0. The summed E-state index contributed by atoms with van der Waals surface area (Å²) in [6.45, 7) is 4.66. The summed E-state index contributed by atoms with van der Waals surface area (Å²) in [6, 6.07) is 11.7. The van der Waals surface area contributed by atoms with Crippen molar-refractivity contribution >= 4 is 68.0 Å². The molecular weight excluding hydrogens is 671 g/mol. The van der Waals surface area contributed by atoms with Crippen LogP contribution in [0, 0.1) is 5.92 Å². The first-order valence-electron chi connectivity index (χ1n) is 17.2. The Morgan fingerprint density at radius 3 is 2.27 bits per heavy atom. The van der Waals surface area contributed by atoms with Gasteiger partial charge < -0.3 is 15.2 Å². The van der Waals surface area contributed by atoms with E-state index in [9.17, 15) is 19.5 Å². The molecule has 3 heterocycles. The Morgan fingerprint density at radius 2 is 1.58 bits per heavy atom. The van der Waals surface area contributed by atoms with E-state index < -0.39 is 11.8 Å². The minimum Gasteiger partial charge on any atom is -0.481 e. The van der Waals surface area contributed by atoms with Crippen LogP contribution in [0.1, 0.15) is 67.3 Å². The molecule has 9 nitrogen and oxygen atoms in total. The fraction of sp³-hybridized carbons (Fsp3) is 0.528. The van der Waals surface area contributed by atoms with E-state index in [2.05, 4.69) is 20.0 Å². The predicted octanol–water partition coefficient (Wildman–Crippen LogP) is 6.76. The molecule has 2 aliphatic heterocycles. The highest BCUT2D eigenvalue weighted by atomic mass is 35.5. The number of fused-ring (bicyclic) bond motifs is 1. The first kappa shape index (κ1) is 33.9. The zero-order chi connectivity index (χ0) is 33.4. The second-order valence-corrected chi connectivity index (χ2v) is 15.3. The van der Waals surface area contributed by atoms with Crippen molar-refractivity contribution < 1.29 is 24.2 Å². The average molecular weight is 714 g/mol. The number of carbonyl (C=O) groups excluding carboxylic acids is 2. The van der Waals surface area contributed by atoms with E-state index in [0.29, 0.717) is 71.7 Å². The summed E-state index contributed by atoms with van der Waals surface area (Å²) in [4.78, 5) is 46.8. The Hall–Kier alpha value is -2.57. The van der Waals surface area contributed by atoms with Gasteiger partial charge in [0.05, 0.1) is 28.3 Å². The Bertz CT molecular complexity index is 1680. The number of amides is 1. The van der Waals surface area contributed by atoms with Crippen molar-refractivity contribution in [1.82, 2.24) is 14.7 Å². The number of halogens is 2. The number of carboxylic acid groups (broad SMARTS) is 1. The minimum absolute atomic E-state index is 0.00571. The molecule has 1 aromatic heterocycles. The third-order valence-electron chi connectivity index (χ3n) is 10.5. The number of piperazine rings is 1. The number of Topliss-reactive ketones (excluding diaryl/α,β-unsaturated/α-hetero) is 1. The van der Waals surface area contributed by atoms with Gasteiger partial charge in [-0.15, -0.1) is 11.3 Å². The van der Waals surface area contributed by atoms with Gasteiger partial charge in [-0.2, -0.15) is 0 Å². The number of rotatable bonds is 11. The van der Waals surface area contributed by atoms with Crippen molar-refractivity contribution in [3.05, 3.63) is 63.0 Å². The number of benzene rings is 2. The molecule has 1 amide bonds. The van der Waals surface area contributed by atoms with Crippen LogP contribution < -0.4 is 5.32 Å². The quantitative estimate of drug-likeness (QED) is 0.225. The van der Waals surface area contributed by atoms with Crippen LogP contribution >= 0.6 is 34.5 Å². The molecule has 0 bridgehead atoms. The lowest BCUT2D eigenvalue weighted by atomic mass is 9.87. The van der Waals surface area contributed by atoms with Crippen LogP contribution in [-0.2, 0) is 20.7 Å². The van der Waals surface area contributed by atoms with E-state index in [1.165, 1.54) is 24.2 Å². The van der Waals surface area contributed by atoms with Gasteiger partial charge in [0.15, 0.2) is 5.78 Å². The van der Waals surface area contributed by atoms with Crippen LogP contribution in [0.15, 0.2) is 41.8 Å². The average Bonchev–Trinajstić information content (AvgIpc) is 3.61. The molecule has 7 rings (SSSR count). The van der Waals surface area contributed by atoms with Crippen molar-refractivity contribution in [2.24, 2.45) is 5.92 Å². The highest BCUT2D eigenvalue weighted by Crippen LogP contribution is 2.39. The van der Waals surface area contributed by atoms with E-state index in [4.69, 9.17) is 27.9 Å². The Morgan fingerprint density at radius 1 is 0.896 bits per heavy atom. The molecule has 2 N–H and O–H groups in total. The molecule has 2 aliphatic carbocycles. The first-order chi connectivity index (χ1) is 23.2. The van der Waals surface area contributed by atoms with Crippen LogP contribution in [0.3, 0.4) is 0 Å². The van der Waals surface area contributed by atoms with E-state index >= 15 is 0 Å². The number of hydrogen-bond acceptors (Lipinski definition) is 8. The molecule has 2 aromatic carbocycles. The van der Waals surface area contributed by atoms with Crippen molar-refractivity contribution in [2.45, 2.75) is 75.8 Å². The summed E-state index contributed by atoms with van der Waals surface area (Å²) >= 11 is 15.1. The van der Waals surface area contributed by atoms with Crippen molar-refractivity contribution in [1.29, 1.82) is 0 Å². The number of ether oxygens (including phenoxy) is 1. The molecule has 2 saturated heterocycles. The SMILES string of the molecule is O=C(Nc1cc(Cl)c(CC(=O)C(O[C@H]2CC[C@H](C(=O)O)CC2)(N2CCCC2)N2CCN(C3CC3)CC2)cc1Cl)c1csc2ccccc12. The smallest absolute Gasteiger partial charge is 0.306 e. The van der Waals surface area contributed by atoms with Crippen LogP contribution in [0.4, 0.5) is 5.69 Å². The number of ketones is 1. The lowest BCUT2D eigenvalue weighted by molar-refractivity contribution is -0.260. The predicted molar refractivity (Wildman–Crippen MR) is 189 cm³/mol. The topological polar surface area (TPSA) is 102 Å². The molecule has 4 fully saturated rings. The number of aliphatic carboxylic acids is 1. The van der Waals surface area contributed by atoms with Crippen LogP contribution in [0.2, 0.25) is 10.0 Å². The normalized spacial score (nSPS) is 24.0. The Labute approximate surface area is 295 Å². The number of nitrogens with one attached hydrogen (secondary N) is 1.